The number of sulfone groups is 1. The Hall–Kier alpha value is -1.03. The van der Waals surface area contributed by atoms with Gasteiger partial charge in [-0.25, -0.2) is 8.42 Å². The lowest BCUT2D eigenvalue weighted by Gasteiger charge is -1.99. The predicted molar refractivity (Wildman–Crippen MR) is 54.2 cm³/mol. The minimum atomic E-state index is -3.24. The molecule has 0 unspecified atom stereocenters. The normalized spacial score (nSPS) is 10.5. The van der Waals surface area contributed by atoms with Crippen LogP contribution in [0.3, 0.4) is 0 Å². The molecule has 68 valence electrons. The van der Waals surface area contributed by atoms with Crippen molar-refractivity contribution in [2.24, 2.45) is 4.99 Å². The molecule has 3 nitrogen and oxygen atoms in total. The van der Waals surface area contributed by atoms with E-state index < -0.39 is 9.84 Å². The summed E-state index contributed by atoms with van der Waals surface area (Å²) in [5.74, 6) is 0. The van der Waals surface area contributed by atoms with Crippen LogP contribution < -0.4 is 0 Å². The Morgan fingerprint density at radius 2 is 2.00 bits per heavy atom. The van der Waals surface area contributed by atoms with E-state index >= 15 is 0 Å². The minimum absolute atomic E-state index is 0.173. The molecule has 1 rings (SSSR count). The second-order valence-corrected chi connectivity index (χ2v) is 4.61. The highest BCUT2D eigenvalue weighted by Crippen LogP contribution is 2.22. The van der Waals surface area contributed by atoms with Crippen LogP contribution >= 0.6 is 12.2 Å². The zero-order chi connectivity index (χ0) is 9.90. The molecule has 1 aromatic rings. The number of para-hydroxylation sites is 1. The largest absolute Gasteiger partial charge is 0.224 e. The highest BCUT2D eigenvalue weighted by Gasteiger charge is 2.10. The van der Waals surface area contributed by atoms with Crippen LogP contribution in [0.4, 0.5) is 5.69 Å². The highest BCUT2D eigenvalue weighted by molar-refractivity contribution is 7.90. The summed E-state index contributed by atoms with van der Waals surface area (Å²) in [7, 11) is -3.24. The molecule has 0 aromatic heterocycles. The van der Waals surface area contributed by atoms with Crippen LogP contribution in [0, 0.1) is 0 Å². The summed E-state index contributed by atoms with van der Waals surface area (Å²) in [4.78, 5) is 3.83. The van der Waals surface area contributed by atoms with E-state index in [4.69, 9.17) is 0 Å². The van der Waals surface area contributed by atoms with E-state index in [9.17, 15) is 8.42 Å². The van der Waals surface area contributed by atoms with Crippen molar-refractivity contribution in [2.75, 3.05) is 6.26 Å². The molecule has 0 aliphatic rings. The van der Waals surface area contributed by atoms with Crippen molar-refractivity contribution < 1.29 is 8.42 Å². The molecule has 0 bridgehead atoms. The molecule has 5 heteroatoms. The Labute approximate surface area is 82.0 Å². The number of isothiocyanates is 1. The molecule has 13 heavy (non-hydrogen) atoms. The number of benzene rings is 1. The van der Waals surface area contributed by atoms with E-state index in [0.717, 1.165) is 6.26 Å². The first-order valence-corrected chi connectivity index (χ1v) is 5.72. The van der Waals surface area contributed by atoms with Gasteiger partial charge in [0, 0.05) is 6.26 Å². The Bertz CT molecular complexity index is 459. The smallest absolute Gasteiger partial charge is 0.177 e. The lowest BCUT2D eigenvalue weighted by atomic mass is 10.3. The summed E-state index contributed by atoms with van der Waals surface area (Å²) >= 11 is 4.41. The second-order valence-electron chi connectivity index (χ2n) is 2.44. The maximum Gasteiger partial charge on any atom is 0.177 e. The monoisotopic (exact) mass is 213 g/mol. The van der Waals surface area contributed by atoms with E-state index in [2.05, 4.69) is 22.4 Å². The SMILES string of the molecule is CS(=O)(=O)c1ccccc1N=C=S. The third kappa shape index (κ3) is 2.45. The zero-order valence-corrected chi connectivity index (χ0v) is 8.52. The third-order valence-electron chi connectivity index (χ3n) is 1.43. The molecule has 0 aliphatic carbocycles. The summed E-state index contributed by atoms with van der Waals surface area (Å²) in [6.07, 6.45) is 1.13. The molecule has 0 radical (unpaired) electrons. The van der Waals surface area contributed by atoms with Crippen molar-refractivity contribution in [1.82, 2.24) is 0 Å². The fourth-order valence-electron chi connectivity index (χ4n) is 0.912. The molecule has 1 aromatic carbocycles. The molecule has 0 saturated heterocycles. The van der Waals surface area contributed by atoms with E-state index in [0.29, 0.717) is 5.69 Å². The molecule has 0 saturated carbocycles. The molecule has 0 spiro atoms. The first-order chi connectivity index (χ1) is 6.05. The van der Waals surface area contributed by atoms with Gasteiger partial charge in [0.05, 0.1) is 15.7 Å². The van der Waals surface area contributed by atoms with Gasteiger partial charge in [-0.05, 0) is 24.4 Å². The standard InChI is InChI=1S/C8H7NO2S2/c1-13(10,11)8-5-3-2-4-7(8)9-6-12/h2-5H,1H3. The van der Waals surface area contributed by atoms with Gasteiger partial charge < -0.3 is 0 Å². The number of aliphatic imine (C=N–C) groups is 1. The number of nitrogens with zero attached hydrogens (tertiary/aromatic N) is 1. The first kappa shape index (κ1) is 10.1. The van der Waals surface area contributed by atoms with Gasteiger partial charge in [0.1, 0.15) is 0 Å². The molecule has 0 aliphatic heterocycles. The molecule has 0 amide bonds. The zero-order valence-electron chi connectivity index (χ0n) is 6.89. The van der Waals surface area contributed by atoms with Gasteiger partial charge in [-0.2, -0.15) is 4.99 Å². The molecule has 0 heterocycles. The maximum atomic E-state index is 11.2. The molecule has 0 atom stereocenters. The van der Waals surface area contributed by atoms with Gasteiger partial charge in [-0.15, -0.1) is 0 Å². The first-order valence-electron chi connectivity index (χ1n) is 3.42. The maximum absolute atomic E-state index is 11.2. The van der Waals surface area contributed by atoms with E-state index in [1.54, 1.807) is 18.2 Å². The second kappa shape index (κ2) is 3.79. The minimum Gasteiger partial charge on any atom is -0.224 e. The Morgan fingerprint density at radius 3 is 2.54 bits per heavy atom. The summed E-state index contributed by atoms with van der Waals surface area (Å²) in [6.45, 7) is 0. The summed E-state index contributed by atoms with van der Waals surface area (Å²) < 4.78 is 22.4. The fourth-order valence-corrected chi connectivity index (χ4v) is 1.83. The third-order valence-corrected chi connectivity index (χ3v) is 2.67. The van der Waals surface area contributed by atoms with Crippen molar-refractivity contribution in [3.8, 4) is 0 Å². The van der Waals surface area contributed by atoms with Gasteiger partial charge in [0.25, 0.3) is 0 Å². The van der Waals surface area contributed by atoms with E-state index in [-0.39, 0.29) is 4.90 Å². The van der Waals surface area contributed by atoms with Crippen LogP contribution in [0.1, 0.15) is 0 Å². The Kier molecular flexibility index (Phi) is 2.93. The number of rotatable bonds is 2. The average Bonchev–Trinajstić information content (AvgIpc) is 2.04. The van der Waals surface area contributed by atoms with Gasteiger partial charge >= 0.3 is 0 Å². The topological polar surface area (TPSA) is 46.5 Å². The quantitative estimate of drug-likeness (QED) is 0.556. The summed E-state index contributed by atoms with van der Waals surface area (Å²) in [5, 5.41) is 2.14. The number of hydrogen-bond acceptors (Lipinski definition) is 4. The molecule has 0 fully saturated rings. The van der Waals surface area contributed by atoms with Gasteiger partial charge in [-0.3, -0.25) is 0 Å². The van der Waals surface area contributed by atoms with Crippen LogP contribution in [-0.2, 0) is 9.84 Å². The van der Waals surface area contributed by atoms with Crippen molar-refractivity contribution in [3.05, 3.63) is 24.3 Å². The van der Waals surface area contributed by atoms with Crippen LogP contribution in [0.2, 0.25) is 0 Å². The van der Waals surface area contributed by atoms with Crippen LogP contribution in [-0.4, -0.2) is 19.8 Å². The molecule has 0 N–H and O–H groups in total. The van der Waals surface area contributed by atoms with Crippen molar-refractivity contribution >= 4 is 32.9 Å². The van der Waals surface area contributed by atoms with Gasteiger partial charge in [0.2, 0.25) is 0 Å². The highest BCUT2D eigenvalue weighted by atomic mass is 32.2. The fraction of sp³-hybridized carbons (Fsp3) is 0.125. The van der Waals surface area contributed by atoms with Crippen LogP contribution in [0.15, 0.2) is 34.2 Å². The van der Waals surface area contributed by atoms with E-state index in [1.807, 2.05) is 0 Å². The van der Waals surface area contributed by atoms with Crippen molar-refractivity contribution in [1.29, 1.82) is 0 Å². The summed E-state index contributed by atoms with van der Waals surface area (Å²) in [6, 6.07) is 6.40. The van der Waals surface area contributed by atoms with Crippen molar-refractivity contribution in [3.63, 3.8) is 0 Å². The number of thiocarbonyl (C=S) groups is 1. The van der Waals surface area contributed by atoms with Gasteiger partial charge in [-0.1, -0.05) is 12.1 Å². The Balaban J connectivity index is 3.45. The van der Waals surface area contributed by atoms with Crippen LogP contribution in [0.5, 0.6) is 0 Å². The summed E-state index contributed by atoms with van der Waals surface area (Å²) in [5.41, 5.74) is 0.333. The van der Waals surface area contributed by atoms with Crippen LogP contribution in [0.25, 0.3) is 0 Å². The molecular formula is C8H7NO2S2. The lowest BCUT2D eigenvalue weighted by molar-refractivity contribution is 0.602. The van der Waals surface area contributed by atoms with E-state index in [1.165, 1.54) is 6.07 Å². The van der Waals surface area contributed by atoms with Crippen molar-refractivity contribution in [2.45, 2.75) is 4.90 Å². The van der Waals surface area contributed by atoms with Gasteiger partial charge in [0.15, 0.2) is 9.84 Å². The number of hydrogen-bond donors (Lipinski definition) is 0. The Morgan fingerprint density at radius 1 is 1.38 bits per heavy atom. The lowest BCUT2D eigenvalue weighted by Crippen LogP contribution is -1.96. The predicted octanol–water partition coefficient (Wildman–Crippen LogP) is 1.82. The molecular weight excluding hydrogens is 206 g/mol. The average molecular weight is 213 g/mol.